The van der Waals surface area contributed by atoms with E-state index in [4.69, 9.17) is 11.0 Å². The number of nitrogens with two attached hydrogens (primary N) is 1. The zero-order valence-corrected chi connectivity index (χ0v) is 5.76. The fraction of sp³-hybridized carbons (Fsp3) is 0.429. The van der Waals surface area contributed by atoms with Crippen LogP contribution in [-0.4, -0.2) is 5.91 Å². The molecule has 10 heavy (non-hydrogen) atoms. The third-order valence-corrected chi connectivity index (χ3v) is 1.12. The van der Waals surface area contributed by atoms with Crippen molar-refractivity contribution >= 4 is 5.91 Å². The van der Waals surface area contributed by atoms with Crippen molar-refractivity contribution < 1.29 is 4.79 Å². The Hall–Kier alpha value is -1.30. The maximum absolute atomic E-state index is 10.3. The van der Waals surface area contributed by atoms with Crippen LogP contribution in [0.1, 0.15) is 19.3 Å². The van der Waals surface area contributed by atoms with Crippen LogP contribution in [0.5, 0.6) is 0 Å². The van der Waals surface area contributed by atoms with Gasteiger partial charge >= 0.3 is 0 Å². The van der Waals surface area contributed by atoms with Crippen molar-refractivity contribution in [3.05, 3.63) is 12.2 Å². The van der Waals surface area contributed by atoms with Gasteiger partial charge in [0.05, 0.1) is 6.07 Å². The van der Waals surface area contributed by atoms with E-state index in [1.54, 1.807) is 0 Å². The standard InChI is InChI=1S/C7H10N2O/c1-6(7(9)10)4-2-3-5-8/h1-4H2,(H2,9,10). The summed E-state index contributed by atoms with van der Waals surface area (Å²) in [7, 11) is 0. The number of carbonyl (C=O) groups excluding carboxylic acids is 1. The zero-order valence-electron chi connectivity index (χ0n) is 5.76. The highest BCUT2D eigenvalue weighted by atomic mass is 16.1. The number of hydrogen-bond acceptors (Lipinski definition) is 2. The number of nitrogens with zero attached hydrogens (tertiary/aromatic N) is 1. The van der Waals surface area contributed by atoms with Crippen LogP contribution in [0.4, 0.5) is 0 Å². The molecule has 1 amide bonds. The van der Waals surface area contributed by atoms with Crippen LogP contribution in [0.25, 0.3) is 0 Å². The van der Waals surface area contributed by atoms with Crippen molar-refractivity contribution in [2.24, 2.45) is 5.73 Å². The molecule has 0 rings (SSSR count). The Morgan fingerprint density at radius 2 is 2.30 bits per heavy atom. The topological polar surface area (TPSA) is 66.9 Å². The van der Waals surface area contributed by atoms with Crippen LogP contribution in [0, 0.1) is 11.3 Å². The largest absolute Gasteiger partial charge is 0.366 e. The molecule has 0 aliphatic rings. The highest BCUT2D eigenvalue weighted by Crippen LogP contribution is 2.02. The van der Waals surface area contributed by atoms with Gasteiger partial charge in [0.1, 0.15) is 0 Å². The Labute approximate surface area is 60.1 Å². The minimum atomic E-state index is -0.474. The predicted molar refractivity (Wildman–Crippen MR) is 37.8 cm³/mol. The van der Waals surface area contributed by atoms with Gasteiger partial charge in [-0.05, 0) is 12.8 Å². The Bertz CT molecular complexity index is 179. The highest BCUT2D eigenvalue weighted by molar-refractivity contribution is 5.91. The van der Waals surface area contributed by atoms with Crippen LogP contribution in [0.3, 0.4) is 0 Å². The molecule has 54 valence electrons. The summed E-state index contributed by atoms with van der Waals surface area (Å²) in [5, 5.41) is 8.12. The predicted octanol–water partition coefficient (Wildman–Crippen LogP) is 0.722. The van der Waals surface area contributed by atoms with Crippen LogP contribution in [0.15, 0.2) is 12.2 Å². The number of carbonyl (C=O) groups is 1. The molecule has 3 nitrogen and oxygen atoms in total. The Balaban J connectivity index is 3.43. The average molecular weight is 138 g/mol. The molecule has 0 saturated carbocycles. The van der Waals surface area contributed by atoms with E-state index in [9.17, 15) is 4.79 Å². The number of hydrogen-bond donors (Lipinski definition) is 1. The molecular weight excluding hydrogens is 128 g/mol. The molecule has 0 spiro atoms. The second-order valence-corrected chi connectivity index (χ2v) is 1.98. The normalized spacial score (nSPS) is 8.30. The summed E-state index contributed by atoms with van der Waals surface area (Å²) in [6.45, 7) is 3.44. The lowest BCUT2D eigenvalue weighted by Gasteiger charge is -1.95. The number of unbranched alkanes of at least 4 members (excludes halogenated alkanes) is 1. The summed E-state index contributed by atoms with van der Waals surface area (Å²) >= 11 is 0. The lowest BCUT2D eigenvalue weighted by atomic mass is 10.1. The third-order valence-electron chi connectivity index (χ3n) is 1.12. The first kappa shape index (κ1) is 8.70. The van der Waals surface area contributed by atoms with E-state index in [-0.39, 0.29) is 0 Å². The van der Waals surface area contributed by atoms with E-state index in [1.807, 2.05) is 6.07 Å². The van der Waals surface area contributed by atoms with Gasteiger partial charge in [0.15, 0.2) is 0 Å². The van der Waals surface area contributed by atoms with Crippen molar-refractivity contribution in [3.63, 3.8) is 0 Å². The van der Waals surface area contributed by atoms with Gasteiger partial charge in [0.2, 0.25) is 5.91 Å². The molecule has 0 unspecified atom stereocenters. The molecule has 0 radical (unpaired) electrons. The van der Waals surface area contributed by atoms with Crippen molar-refractivity contribution in [2.75, 3.05) is 0 Å². The minimum absolute atomic E-state index is 0.398. The molecule has 0 fully saturated rings. The smallest absolute Gasteiger partial charge is 0.244 e. The Kier molecular flexibility index (Phi) is 3.97. The van der Waals surface area contributed by atoms with E-state index in [2.05, 4.69) is 6.58 Å². The molecular formula is C7H10N2O. The molecule has 0 atom stereocenters. The second kappa shape index (κ2) is 4.57. The van der Waals surface area contributed by atoms with Gasteiger partial charge in [-0.2, -0.15) is 5.26 Å². The number of amides is 1. The first-order chi connectivity index (χ1) is 4.68. The van der Waals surface area contributed by atoms with Gasteiger partial charge in [-0.25, -0.2) is 0 Å². The third kappa shape index (κ3) is 3.67. The first-order valence-corrected chi connectivity index (χ1v) is 3.03. The lowest BCUT2D eigenvalue weighted by Crippen LogP contribution is -2.12. The summed E-state index contributed by atoms with van der Waals surface area (Å²) in [6.07, 6.45) is 1.65. The van der Waals surface area contributed by atoms with Gasteiger partial charge < -0.3 is 5.73 Å². The van der Waals surface area contributed by atoms with Crippen molar-refractivity contribution in [1.82, 2.24) is 0 Å². The van der Waals surface area contributed by atoms with Crippen molar-refractivity contribution in [2.45, 2.75) is 19.3 Å². The number of nitriles is 1. The second-order valence-electron chi connectivity index (χ2n) is 1.98. The number of rotatable bonds is 4. The highest BCUT2D eigenvalue weighted by Gasteiger charge is 1.99. The van der Waals surface area contributed by atoms with Gasteiger partial charge in [-0.1, -0.05) is 6.58 Å². The van der Waals surface area contributed by atoms with E-state index in [0.29, 0.717) is 24.8 Å². The molecule has 3 heteroatoms. The summed E-state index contributed by atoms with van der Waals surface area (Å²) in [6, 6.07) is 1.97. The molecule has 2 N–H and O–H groups in total. The first-order valence-electron chi connectivity index (χ1n) is 3.03. The summed E-state index contributed by atoms with van der Waals surface area (Å²) in [5.74, 6) is -0.474. The summed E-state index contributed by atoms with van der Waals surface area (Å²) in [4.78, 5) is 10.3. The molecule has 0 aliphatic carbocycles. The Morgan fingerprint density at radius 3 is 2.70 bits per heavy atom. The van der Waals surface area contributed by atoms with E-state index in [0.717, 1.165) is 0 Å². The molecule has 0 heterocycles. The van der Waals surface area contributed by atoms with Crippen molar-refractivity contribution in [1.29, 1.82) is 5.26 Å². The number of primary amides is 1. The van der Waals surface area contributed by atoms with Crippen molar-refractivity contribution in [3.8, 4) is 6.07 Å². The quantitative estimate of drug-likeness (QED) is 0.459. The fourth-order valence-corrected chi connectivity index (χ4v) is 0.504. The van der Waals surface area contributed by atoms with E-state index < -0.39 is 5.91 Å². The van der Waals surface area contributed by atoms with Crippen LogP contribution >= 0.6 is 0 Å². The van der Waals surface area contributed by atoms with E-state index >= 15 is 0 Å². The van der Waals surface area contributed by atoms with E-state index in [1.165, 1.54) is 0 Å². The fourth-order valence-electron chi connectivity index (χ4n) is 0.504. The molecule has 0 aromatic carbocycles. The van der Waals surface area contributed by atoms with Crippen LogP contribution in [-0.2, 0) is 4.79 Å². The van der Waals surface area contributed by atoms with Crippen LogP contribution < -0.4 is 5.73 Å². The molecule has 0 bridgehead atoms. The van der Waals surface area contributed by atoms with Gasteiger partial charge in [-0.3, -0.25) is 4.79 Å². The molecule has 0 saturated heterocycles. The van der Waals surface area contributed by atoms with Gasteiger partial charge in [0, 0.05) is 12.0 Å². The minimum Gasteiger partial charge on any atom is -0.366 e. The maximum atomic E-state index is 10.3. The molecule has 0 aromatic rings. The average Bonchev–Trinajstić information content (AvgIpc) is 1.88. The lowest BCUT2D eigenvalue weighted by molar-refractivity contribution is -0.114. The van der Waals surface area contributed by atoms with Gasteiger partial charge in [-0.15, -0.1) is 0 Å². The summed E-state index contributed by atoms with van der Waals surface area (Å²) < 4.78 is 0. The zero-order chi connectivity index (χ0) is 7.98. The van der Waals surface area contributed by atoms with Gasteiger partial charge in [0.25, 0.3) is 0 Å². The summed E-state index contributed by atoms with van der Waals surface area (Å²) in [5.41, 5.74) is 5.30. The SMILES string of the molecule is C=C(CCCC#N)C(N)=O. The molecule has 0 aliphatic heterocycles. The van der Waals surface area contributed by atoms with Crippen LogP contribution in [0.2, 0.25) is 0 Å². The maximum Gasteiger partial charge on any atom is 0.244 e. The molecule has 0 aromatic heterocycles. The Morgan fingerprint density at radius 1 is 1.70 bits per heavy atom. The monoisotopic (exact) mass is 138 g/mol.